The van der Waals surface area contributed by atoms with Crippen LogP contribution in [0.4, 0.5) is 5.82 Å². The first-order valence-electron chi connectivity index (χ1n) is 11.0. The van der Waals surface area contributed by atoms with Gasteiger partial charge >= 0.3 is 5.97 Å². The lowest BCUT2D eigenvalue weighted by molar-refractivity contribution is 0.0687. The smallest absolute Gasteiger partial charge is 0.356 e. The highest BCUT2D eigenvalue weighted by Gasteiger charge is 2.25. The quantitative estimate of drug-likeness (QED) is 0.608. The zero-order valence-corrected chi connectivity index (χ0v) is 19.4. The maximum atomic E-state index is 13.4. The molecule has 0 saturated carbocycles. The maximum absolute atomic E-state index is 13.4. The third-order valence-electron chi connectivity index (χ3n) is 5.86. The van der Waals surface area contributed by atoms with Gasteiger partial charge in [-0.1, -0.05) is 26.8 Å². The minimum atomic E-state index is -1.12. The molecule has 9 nitrogen and oxygen atoms in total. The molecule has 0 spiro atoms. The van der Waals surface area contributed by atoms with Crippen LogP contribution in [0, 0.1) is 0 Å². The van der Waals surface area contributed by atoms with Gasteiger partial charge in [-0.25, -0.2) is 4.79 Å². The van der Waals surface area contributed by atoms with E-state index in [0.29, 0.717) is 37.6 Å². The lowest BCUT2D eigenvalue weighted by Gasteiger charge is -2.35. The molecule has 1 aromatic carbocycles. The van der Waals surface area contributed by atoms with Crippen LogP contribution in [0.25, 0.3) is 11.1 Å². The van der Waals surface area contributed by atoms with Crippen LogP contribution < -0.4 is 4.90 Å². The maximum Gasteiger partial charge on any atom is 0.356 e. The van der Waals surface area contributed by atoms with Gasteiger partial charge < -0.3 is 20.0 Å². The number of carbonyl (C=O) groups is 2. The van der Waals surface area contributed by atoms with Crippen molar-refractivity contribution in [3.63, 3.8) is 0 Å². The summed E-state index contributed by atoms with van der Waals surface area (Å²) in [5, 5.41) is 26.6. The largest absolute Gasteiger partial charge is 0.506 e. The van der Waals surface area contributed by atoms with Gasteiger partial charge in [0.15, 0.2) is 11.5 Å². The molecule has 1 saturated heterocycles. The van der Waals surface area contributed by atoms with Crippen LogP contribution in [0.2, 0.25) is 0 Å². The van der Waals surface area contributed by atoms with Crippen molar-refractivity contribution >= 4 is 17.7 Å². The van der Waals surface area contributed by atoms with Gasteiger partial charge in [0.1, 0.15) is 5.75 Å². The van der Waals surface area contributed by atoms with Gasteiger partial charge in [0.25, 0.3) is 5.91 Å². The lowest BCUT2D eigenvalue weighted by atomic mass is 9.84. The predicted molar refractivity (Wildman–Crippen MR) is 127 cm³/mol. The fraction of sp³-hybridized carbons (Fsp3) is 0.320. The fourth-order valence-corrected chi connectivity index (χ4v) is 3.87. The van der Waals surface area contributed by atoms with Gasteiger partial charge in [0.2, 0.25) is 0 Å². The Bertz CT molecular complexity index is 1210. The lowest BCUT2D eigenvalue weighted by Crippen LogP contribution is -2.49. The van der Waals surface area contributed by atoms with Gasteiger partial charge in [-0.2, -0.15) is 0 Å². The molecule has 0 unspecified atom stereocenters. The first-order chi connectivity index (χ1) is 16.1. The van der Waals surface area contributed by atoms with Crippen LogP contribution in [0.15, 0.2) is 48.8 Å². The number of carbonyl (C=O) groups excluding carboxylic acids is 1. The molecule has 3 heterocycles. The van der Waals surface area contributed by atoms with Crippen molar-refractivity contribution in [1.82, 2.24) is 20.1 Å². The molecule has 1 amide bonds. The topological polar surface area (TPSA) is 120 Å². The third kappa shape index (κ3) is 4.98. The summed E-state index contributed by atoms with van der Waals surface area (Å²) in [6.07, 6.45) is 3.05. The summed E-state index contributed by atoms with van der Waals surface area (Å²) in [6.45, 7) is 8.42. The van der Waals surface area contributed by atoms with Crippen molar-refractivity contribution in [2.45, 2.75) is 26.2 Å². The van der Waals surface area contributed by atoms with E-state index in [0.717, 1.165) is 16.7 Å². The molecule has 0 aliphatic carbocycles. The molecule has 1 aliphatic rings. The Morgan fingerprint density at radius 2 is 1.65 bits per heavy atom. The summed E-state index contributed by atoms with van der Waals surface area (Å²) in [5.74, 6) is -0.520. The average Bonchev–Trinajstić information content (AvgIpc) is 2.83. The van der Waals surface area contributed by atoms with E-state index in [1.165, 1.54) is 12.3 Å². The second-order valence-corrected chi connectivity index (χ2v) is 9.34. The summed E-state index contributed by atoms with van der Waals surface area (Å²) in [4.78, 5) is 32.3. The number of piperazine rings is 1. The van der Waals surface area contributed by atoms with Gasteiger partial charge in [-0.15, -0.1) is 10.2 Å². The molecule has 1 aliphatic heterocycles. The SMILES string of the molecule is CC(C)(C)c1cc(C(=O)N2CCN(c3ccc(C(=O)O)nn3)CC2)cc(-c2cncc(O)c2)c1. The minimum absolute atomic E-state index is 0.0626. The zero-order chi connectivity index (χ0) is 24.5. The highest BCUT2D eigenvalue weighted by atomic mass is 16.4. The van der Waals surface area contributed by atoms with E-state index < -0.39 is 5.97 Å². The normalized spacial score (nSPS) is 14.2. The summed E-state index contributed by atoms with van der Waals surface area (Å²) >= 11 is 0. The molecule has 2 aromatic heterocycles. The van der Waals surface area contributed by atoms with Crippen LogP contribution in [-0.2, 0) is 5.41 Å². The number of hydrogen-bond donors (Lipinski definition) is 2. The van der Waals surface area contributed by atoms with E-state index in [9.17, 15) is 14.7 Å². The van der Waals surface area contributed by atoms with Gasteiger partial charge in [-0.05, 0) is 46.9 Å². The molecular weight excluding hydrogens is 434 g/mol. The number of carboxylic acid groups (broad SMARTS) is 1. The summed E-state index contributed by atoms with van der Waals surface area (Å²) in [6, 6.07) is 10.5. The fourth-order valence-electron chi connectivity index (χ4n) is 3.87. The van der Waals surface area contributed by atoms with E-state index in [-0.39, 0.29) is 22.8 Å². The molecule has 0 radical (unpaired) electrons. The van der Waals surface area contributed by atoms with Crippen LogP contribution in [-0.4, -0.2) is 68.3 Å². The Labute approximate surface area is 197 Å². The molecule has 9 heteroatoms. The number of aromatic hydroxyl groups is 1. The second kappa shape index (κ2) is 9.09. The van der Waals surface area contributed by atoms with E-state index in [4.69, 9.17) is 5.11 Å². The number of aromatic nitrogens is 3. The summed E-state index contributed by atoms with van der Waals surface area (Å²) in [5.41, 5.74) is 2.90. The second-order valence-electron chi connectivity index (χ2n) is 9.34. The zero-order valence-electron chi connectivity index (χ0n) is 19.4. The van der Waals surface area contributed by atoms with Crippen LogP contribution in [0.3, 0.4) is 0 Å². The van der Waals surface area contributed by atoms with E-state index >= 15 is 0 Å². The molecule has 1 fully saturated rings. The summed E-state index contributed by atoms with van der Waals surface area (Å²) < 4.78 is 0. The molecule has 4 rings (SSSR count). The number of rotatable bonds is 4. The van der Waals surface area contributed by atoms with Crippen LogP contribution in [0.1, 0.15) is 47.2 Å². The van der Waals surface area contributed by atoms with Gasteiger partial charge in [0, 0.05) is 43.5 Å². The molecular formula is C25H27N5O4. The van der Waals surface area contributed by atoms with Crippen molar-refractivity contribution in [2.24, 2.45) is 0 Å². The van der Waals surface area contributed by atoms with Crippen molar-refractivity contribution in [1.29, 1.82) is 0 Å². The third-order valence-corrected chi connectivity index (χ3v) is 5.86. The number of carboxylic acids is 1. The van der Waals surface area contributed by atoms with E-state index in [2.05, 4.69) is 36.0 Å². The van der Waals surface area contributed by atoms with Crippen molar-refractivity contribution in [2.75, 3.05) is 31.1 Å². The molecule has 0 atom stereocenters. The Hall–Kier alpha value is -4.01. The Morgan fingerprint density at radius 3 is 2.24 bits per heavy atom. The molecule has 0 bridgehead atoms. The Morgan fingerprint density at radius 1 is 0.912 bits per heavy atom. The standard InChI is InChI=1S/C25H27N5O4/c1-25(2,3)19-11-16(18-13-20(31)15-26-14-18)10-17(12-19)23(32)30-8-6-29(7-9-30)22-5-4-21(24(33)34)27-28-22/h4-5,10-15,31H,6-9H2,1-3H3,(H,33,34). The molecule has 34 heavy (non-hydrogen) atoms. The van der Waals surface area contributed by atoms with E-state index in [1.807, 2.05) is 28.0 Å². The summed E-state index contributed by atoms with van der Waals surface area (Å²) in [7, 11) is 0. The number of nitrogens with zero attached hydrogens (tertiary/aromatic N) is 5. The predicted octanol–water partition coefficient (Wildman–Crippen LogP) is 3.20. The van der Waals surface area contributed by atoms with Crippen molar-refractivity contribution in [3.8, 4) is 16.9 Å². The van der Waals surface area contributed by atoms with Gasteiger partial charge in [0.05, 0.1) is 6.20 Å². The van der Waals surface area contributed by atoms with E-state index in [1.54, 1.807) is 18.3 Å². The number of aromatic carboxylic acids is 1. The number of pyridine rings is 1. The minimum Gasteiger partial charge on any atom is -0.506 e. The highest BCUT2D eigenvalue weighted by Crippen LogP contribution is 2.31. The molecule has 3 aromatic rings. The van der Waals surface area contributed by atoms with Gasteiger partial charge in [-0.3, -0.25) is 9.78 Å². The Balaban J connectivity index is 1.54. The van der Waals surface area contributed by atoms with Crippen LogP contribution >= 0.6 is 0 Å². The average molecular weight is 462 g/mol. The van der Waals surface area contributed by atoms with Crippen LogP contribution in [0.5, 0.6) is 5.75 Å². The number of benzene rings is 1. The Kier molecular flexibility index (Phi) is 6.19. The highest BCUT2D eigenvalue weighted by molar-refractivity contribution is 5.96. The first kappa shape index (κ1) is 23.2. The number of hydrogen-bond acceptors (Lipinski definition) is 7. The van der Waals surface area contributed by atoms with Crippen molar-refractivity contribution in [3.05, 3.63) is 65.6 Å². The molecule has 176 valence electrons. The number of amides is 1. The van der Waals surface area contributed by atoms with Crippen molar-refractivity contribution < 1.29 is 19.8 Å². The molecule has 2 N–H and O–H groups in total. The monoisotopic (exact) mass is 461 g/mol. The first-order valence-corrected chi connectivity index (χ1v) is 11.0. The number of anilines is 1.